The van der Waals surface area contributed by atoms with Gasteiger partial charge in [0.1, 0.15) is 5.01 Å². The van der Waals surface area contributed by atoms with E-state index in [9.17, 15) is 0 Å². The van der Waals surface area contributed by atoms with E-state index in [0.29, 0.717) is 0 Å². The Morgan fingerprint density at radius 2 is 2.21 bits per heavy atom. The Balaban J connectivity index is 2.49. The van der Waals surface area contributed by atoms with Gasteiger partial charge in [0.15, 0.2) is 0 Å². The van der Waals surface area contributed by atoms with Crippen molar-refractivity contribution in [2.24, 2.45) is 0 Å². The van der Waals surface area contributed by atoms with Crippen molar-refractivity contribution in [3.63, 3.8) is 0 Å². The van der Waals surface area contributed by atoms with E-state index in [2.05, 4.69) is 22.4 Å². The smallest absolute Gasteiger partial charge is 0.205 e. The van der Waals surface area contributed by atoms with Crippen LogP contribution in [0.15, 0.2) is 0 Å². The monoisotopic (exact) mass is 215 g/mol. The van der Waals surface area contributed by atoms with Gasteiger partial charge < -0.3 is 10.4 Å². The highest BCUT2D eigenvalue weighted by Crippen LogP contribution is 2.17. The molecule has 1 heterocycles. The number of aromatic nitrogens is 2. The molecule has 0 aliphatic carbocycles. The molecule has 0 aliphatic heterocycles. The molecule has 80 valence electrons. The second kappa shape index (κ2) is 5.93. The maximum absolute atomic E-state index is 8.99. The molecule has 0 aliphatic rings. The van der Waals surface area contributed by atoms with Crippen LogP contribution >= 0.6 is 11.3 Å². The van der Waals surface area contributed by atoms with Gasteiger partial charge in [-0.2, -0.15) is 0 Å². The van der Waals surface area contributed by atoms with Crippen LogP contribution in [0.4, 0.5) is 5.13 Å². The highest BCUT2D eigenvalue weighted by atomic mass is 32.1. The number of aliphatic hydroxyl groups excluding tert-OH is 1. The molecule has 0 saturated heterocycles. The molecule has 0 spiro atoms. The molecule has 0 unspecified atom stereocenters. The normalized spacial score (nSPS) is 12.8. The number of hydrogen-bond acceptors (Lipinski definition) is 5. The topological polar surface area (TPSA) is 58.0 Å². The highest BCUT2D eigenvalue weighted by molar-refractivity contribution is 7.15. The molecule has 5 heteroatoms. The molecule has 0 saturated carbocycles. The van der Waals surface area contributed by atoms with E-state index < -0.39 is 0 Å². The number of aliphatic hydroxyl groups is 1. The maximum Gasteiger partial charge on any atom is 0.205 e. The van der Waals surface area contributed by atoms with Crippen molar-refractivity contribution >= 4 is 16.5 Å². The number of hydrogen-bond donors (Lipinski definition) is 2. The molecule has 0 radical (unpaired) electrons. The van der Waals surface area contributed by atoms with Crippen molar-refractivity contribution in [2.75, 3.05) is 11.9 Å². The van der Waals surface area contributed by atoms with E-state index in [1.54, 1.807) is 11.3 Å². The second-order valence-corrected chi connectivity index (χ2v) is 4.25. The Hall–Kier alpha value is -0.680. The van der Waals surface area contributed by atoms with Gasteiger partial charge in [0.2, 0.25) is 5.13 Å². The Labute approximate surface area is 88.4 Å². The standard InChI is InChI=1S/C9H17N3OS/c1-3-5-8-11-12-9(14-8)10-7(4-2)6-13/h7,13H,3-6H2,1-2H3,(H,10,12)/t7-/m1/s1. The van der Waals surface area contributed by atoms with E-state index in [1.165, 1.54) is 0 Å². The number of anilines is 1. The highest BCUT2D eigenvalue weighted by Gasteiger charge is 2.08. The van der Waals surface area contributed by atoms with Gasteiger partial charge in [-0.05, 0) is 12.8 Å². The van der Waals surface area contributed by atoms with E-state index in [-0.39, 0.29) is 12.6 Å². The third-order valence-corrected chi connectivity index (χ3v) is 2.89. The third-order valence-electron chi connectivity index (χ3n) is 1.97. The average Bonchev–Trinajstić information content (AvgIpc) is 2.63. The molecular formula is C9H17N3OS. The Morgan fingerprint density at radius 1 is 1.43 bits per heavy atom. The van der Waals surface area contributed by atoms with Crippen LogP contribution in [0, 0.1) is 0 Å². The van der Waals surface area contributed by atoms with Crippen LogP contribution in [0.5, 0.6) is 0 Å². The van der Waals surface area contributed by atoms with Gasteiger partial charge in [0.05, 0.1) is 12.6 Å². The molecule has 0 aromatic carbocycles. The predicted molar refractivity (Wildman–Crippen MR) is 58.7 cm³/mol. The molecule has 1 aromatic heterocycles. The fourth-order valence-electron chi connectivity index (χ4n) is 1.08. The number of nitrogens with one attached hydrogen (secondary N) is 1. The first-order valence-electron chi connectivity index (χ1n) is 4.99. The van der Waals surface area contributed by atoms with Gasteiger partial charge in [0.25, 0.3) is 0 Å². The molecule has 1 aromatic rings. The first-order chi connectivity index (χ1) is 6.80. The molecule has 1 atom stereocenters. The SMILES string of the molecule is CCCc1nnc(N[C@H](CC)CO)s1. The molecule has 1 rings (SSSR count). The first-order valence-corrected chi connectivity index (χ1v) is 5.81. The molecule has 4 nitrogen and oxygen atoms in total. The fraction of sp³-hybridized carbons (Fsp3) is 0.778. The zero-order chi connectivity index (χ0) is 10.4. The number of rotatable bonds is 6. The summed E-state index contributed by atoms with van der Waals surface area (Å²) in [6.45, 7) is 4.29. The van der Waals surface area contributed by atoms with Crippen molar-refractivity contribution in [1.82, 2.24) is 10.2 Å². The van der Waals surface area contributed by atoms with Crippen molar-refractivity contribution in [3.05, 3.63) is 5.01 Å². The summed E-state index contributed by atoms with van der Waals surface area (Å²) in [7, 11) is 0. The van der Waals surface area contributed by atoms with Gasteiger partial charge in [-0.1, -0.05) is 25.2 Å². The molecule has 0 fully saturated rings. The minimum atomic E-state index is 0.0948. The largest absolute Gasteiger partial charge is 0.394 e. The average molecular weight is 215 g/mol. The van der Waals surface area contributed by atoms with Crippen LogP contribution in [0.25, 0.3) is 0 Å². The molecule has 0 amide bonds. The van der Waals surface area contributed by atoms with Crippen LogP contribution in [0.1, 0.15) is 31.7 Å². The zero-order valence-corrected chi connectivity index (χ0v) is 9.47. The first kappa shape index (κ1) is 11.4. The lowest BCUT2D eigenvalue weighted by Crippen LogP contribution is -2.22. The minimum absolute atomic E-state index is 0.0948. The summed E-state index contributed by atoms with van der Waals surface area (Å²) in [4.78, 5) is 0. The van der Waals surface area contributed by atoms with Gasteiger partial charge in [0, 0.05) is 6.42 Å². The van der Waals surface area contributed by atoms with Gasteiger partial charge in [-0.25, -0.2) is 0 Å². The van der Waals surface area contributed by atoms with Crippen LogP contribution in [0.2, 0.25) is 0 Å². The van der Waals surface area contributed by atoms with Gasteiger partial charge >= 0.3 is 0 Å². The summed E-state index contributed by atoms with van der Waals surface area (Å²) in [5.41, 5.74) is 0. The van der Waals surface area contributed by atoms with Crippen molar-refractivity contribution in [2.45, 2.75) is 39.2 Å². The summed E-state index contributed by atoms with van der Waals surface area (Å²) in [5.74, 6) is 0. The summed E-state index contributed by atoms with van der Waals surface area (Å²) >= 11 is 1.57. The summed E-state index contributed by atoms with van der Waals surface area (Å²) in [6, 6.07) is 0.0948. The van der Waals surface area contributed by atoms with Gasteiger partial charge in [-0.15, -0.1) is 10.2 Å². The fourth-order valence-corrected chi connectivity index (χ4v) is 2.00. The Morgan fingerprint density at radius 3 is 2.79 bits per heavy atom. The zero-order valence-electron chi connectivity index (χ0n) is 8.66. The summed E-state index contributed by atoms with van der Waals surface area (Å²) in [6.07, 6.45) is 2.96. The van der Waals surface area contributed by atoms with E-state index in [4.69, 9.17) is 5.11 Å². The lowest BCUT2D eigenvalue weighted by atomic mass is 10.2. The second-order valence-electron chi connectivity index (χ2n) is 3.18. The van der Waals surface area contributed by atoms with Gasteiger partial charge in [-0.3, -0.25) is 0 Å². The van der Waals surface area contributed by atoms with Crippen molar-refractivity contribution in [1.29, 1.82) is 0 Å². The number of aryl methyl sites for hydroxylation is 1. The third kappa shape index (κ3) is 3.23. The lowest BCUT2D eigenvalue weighted by molar-refractivity contribution is 0.272. The Bertz CT molecular complexity index is 260. The van der Waals surface area contributed by atoms with Crippen LogP contribution in [-0.4, -0.2) is 28.0 Å². The predicted octanol–water partition coefficient (Wildman–Crippen LogP) is 1.67. The molecule has 2 N–H and O–H groups in total. The van der Waals surface area contributed by atoms with E-state index in [1.807, 2.05) is 6.92 Å². The van der Waals surface area contributed by atoms with E-state index in [0.717, 1.165) is 29.4 Å². The van der Waals surface area contributed by atoms with E-state index >= 15 is 0 Å². The Kier molecular flexibility index (Phi) is 4.82. The van der Waals surface area contributed by atoms with Crippen molar-refractivity contribution in [3.8, 4) is 0 Å². The molecular weight excluding hydrogens is 198 g/mol. The molecule has 0 bridgehead atoms. The summed E-state index contributed by atoms with van der Waals surface area (Å²) in [5, 5.41) is 22.1. The molecule has 14 heavy (non-hydrogen) atoms. The lowest BCUT2D eigenvalue weighted by Gasteiger charge is -2.11. The summed E-state index contributed by atoms with van der Waals surface area (Å²) < 4.78 is 0. The maximum atomic E-state index is 8.99. The quantitative estimate of drug-likeness (QED) is 0.758. The van der Waals surface area contributed by atoms with Crippen LogP contribution in [-0.2, 0) is 6.42 Å². The minimum Gasteiger partial charge on any atom is -0.394 e. The van der Waals surface area contributed by atoms with Crippen LogP contribution in [0.3, 0.4) is 0 Å². The van der Waals surface area contributed by atoms with Crippen molar-refractivity contribution < 1.29 is 5.11 Å². The van der Waals surface area contributed by atoms with Crippen LogP contribution < -0.4 is 5.32 Å². The number of nitrogens with zero attached hydrogens (tertiary/aromatic N) is 2.